The van der Waals surface area contributed by atoms with Gasteiger partial charge < -0.3 is 19.9 Å². The van der Waals surface area contributed by atoms with Crippen LogP contribution in [0.3, 0.4) is 0 Å². The van der Waals surface area contributed by atoms with Crippen LogP contribution in [0.15, 0.2) is 53.7 Å². The fourth-order valence-electron chi connectivity index (χ4n) is 3.01. The summed E-state index contributed by atoms with van der Waals surface area (Å²) in [5, 5.41) is 15.2. The Kier molecular flexibility index (Phi) is 8.13. The Morgan fingerprint density at radius 1 is 1.16 bits per heavy atom. The molecule has 1 heterocycles. The maximum absolute atomic E-state index is 12.4. The van der Waals surface area contributed by atoms with Gasteiger partial charge in [-0.15, -0.1) is 10.2 Å². The first-order valence-electron chi connectivity index (χ1n) is 9.85. The zero-order valence-corrected chi connectivity index (χ0v) is 19.5. The van der Waals surface area contributed by atoms with Crippen LogP contribution in [-0.4, -0.2) is 39.4 Å². The molecule has 0 aliphatic heterocycles. The lowest BCUT2D eigenvalue weighted by Gasteiger charge is -2.14. The van der Waals surface area contributed by atoms with Gasteiger partial charge in [-0.1, -0.05) is 41.6 Å². The van der Waals surface area contributed by atoms with E-state index in [1.165, 1.54) is 11.8 Å². The number of methoxy groups -OCH3 is 1. The van der Waals surface area contributed by atoms with Gasteiger partial charge in [-0.05, 0) is 42.8 Å². The molecule has 0 fully saturated rings. The van der Waals surface area contributed by atoms with E-state index in [4.69, 9.17) is 16.3 Å². The third-order valence-electron chi connectivity index (χ3n) is 4.60. The minimum Gasteiger partial charge on any atom is -0.497 e. The molecule has 1 atom stereocenters. The number of halogens is 1. The summed E-state index contributed by atoms with van der Waals surface area (Å²) in [6, 6.07) is 14.0. The summed E-state index contributed by atoms with van der Waals surface area (Å²) in [5.41, 5.74) is 1.52. The molecule has 0 saturated heterocycles. The third kappa shape index (κ3) is 6.48. The van der Waals surface area contributed by atoms with Crippen LogP contribution in [-0.2, 0) is 23.1 Å². The van der Waals surface area contributed by atoms with E-state index < -0.39 is 0 Å². The van der Waals surface area contributed by atoms with Crippen LogP contribution in [0.5, 0.6) is 5.75 Å². The Labute approximate surface area is 195 Å². The third-order valence-corrected chi connectivity index (χ3v) is 5.85. The second kappa shape index (κ2) is 11.0. The first kappa shape index (κ1) is 23.6. The molecule has 1 aromatic heterocycles. The van der Waals surface area contributed by atoms with Gasteiger partial charge in [0.05, 0.1) is 25.3 Å². The molecule has 3 aromatic rings. The lowest BCUT2D eigenvalue weighted by molar-refractivity contribution is -0.121. The molecule has 0 aliphatic carbocycles. The quantitative estimate of drug-likeness (QED) is 0.460. The number of anilines is 1. The zero-order valence-electron chi connectivity index (χ0n) is 18.0. The summed E-state index contributed by atoms with van der Waals surface area (Å²) in [4.78, 5) is 24.6. The van der Waals surface area contributed by atoms with E-state index >= 15 is 0 Å². The molecule has 3 rings (SSSR count). The summed E-state index contributed by atoms with van der Waals surface area (Å²) in [6.07, 6.45) is 0.247. The normalized spacial score (nSPS) is 11.6. The van der Waals surface area contributed by atoms with Gasteiger partial charge in [0.1, 0.15) is 5.75 Å². The van der Waals surface area contributed by atoms with Crippen LogP contribution in [0.25, 0.3) is 0 Å². The largest absolute Gasteiger partial charge is 0.497 e. The number of aromatic nitrogens is 3. The first-order chi connectivity index (χ1) is 15.4. The van der Waals surface area contributed by atoms with Gasteiger partial charge in [-0.3, -0.25) is 9.59 Å². The Balaban J connectivity index is 1.52. The van der Waals surface area contributed by atoms with Crippen molar-refractivity contribution in [3.63, 3.8) is 0 Å². The SMILES string of the molecule is COc1ccc(CC(=O)N[C@H](C)c2nnc(SCC(=O)Nc3cccc(Cl)c3)n2C)cc1. The molecule has 168 valence electrons. The summed E-state index contributed by atoms with van der Waals surface area (Å²) < 4.78 is 6.90. The Morgan fingerprint density at radius 3 is 2.59 bits per heavy atom. The number of amides is 2. The van der Waals surface area contributed by atoms with Crippen molar-refractivity contribution < 1.29 is 14.3 Å². The topological polar surface area (TPSA) is 98.1 Å². The molecular formula is C22H24ClN5O3S. The molecule has 0 radical (unpaired) electrons. The monoisotopic (exact) mass is 473 g/mol. The van der Waals surface area contributed by atoms with E-state index in [9.17, 15) is 9.59 Å². The number of carbonyl (C=O) groups is 2. The molecule has 0 bridgehead atoms. The molecule has 8 nitrogen and oxygen atoms in total. The van der Waals surface area contributed by atoms with Gasteiger partial charge in [-0.25, -0.2) is 0 Å². The predicted octanol–water partition coefficient (Wildman–Crippen LogP) is 3.63. The number of rotatable bonds is 9. The minimum atomic E-state index is -0.340. The van der Waals surface area contributed by atoms with Crippen LogP contribution < -0.4 is 15.4 Å². The highest BCUT2D eigenvalue weighted by Gasteiger charge is 2.18. The van der Waals surface area contributed by atoms with Crippen LogP contribution in [0.1, 0.15) is 24.4 Å². The summed E-state index contributed by atoms with van der Waals surface area (Å²) >= 11 is 7.20. The van der Waals surface area contributed by atoms with Crippen molar-refractivity contribution in [1.82, 2.24) is 20.1 Å². The average molecular weight is 474 g/mol. The molecule has 2 aromatic carbocycles. The molecule has 32 heavy (non-hydrogen) atoms. The highest BCUT2D eigenvalue weighted by Crippen LogP contribution is 2.20. The average Bonchev–Trinajstić information content (AvgIpc) is 3.13. The summed E-state index contributed by atoms with van der Waals surface area (Å²) in [6.45, 7) is 1.84. The van der Waals surface area contributed by atoms with Crippen molar-refractivity contribution in [1.29, 1.82) is 0 Å². The number of hydrogen-bond acceptors (Lipinski definition) is 6. The zero-order chi connectivity index (χ0) is 23.1. The fourth-order valence-corrected chi connectivity index (χ4v) is 3.92. The number of ether oxygens (including phenoxy) is 1. The highest BCUT2D eigenvalue weighted by atomic mass is 35.5. The summed E-state index contributed by atoms with van der Waals surface area (Å²) in [7, 11) is 3.40. The van der Waals surface area contributed by atoms with E-state index in [-0.39, 0.29) is 30.0 Å². The smallest absolute Gasteiger partial charge is 0.234 e. The van der Waals surface area contributed by atoms with Crippen LogP contribution in [0, 0.1) is 0 Å². The second-order valence-corrected chi connectivity index (χ2v) is 8.44. The van der Waals surface area contributed by atoms with E-state index in [1.807, 2.05) is 31.2 Å². The van der Waals surface area contributed by atoms with Gasteiger partial charge in [0.25, 0.3) is 0 Å². The van der Waals surface area contributed by atoms with Gasteiger partial charge in [0.15, 0.2) is 11.0 Å². The van der Waals surface area contributed by atoms with Crippen LogP contribution >= 0.6 is 23.4 Å². The fraction of sp³-hybridized carbons (Fsp3) is 0.273. The van der Waals surface area contributed by atoms with Crippen molar-refractivity contribution in [2.24, 2.45) is 7.05 Å². The molecule has 10 heteroatoms. The van der Waals surface area contributed by atoms with E-state index in [0.29, 0.717) is 21.7 Å². The first-order valence-corrected chi connectivity index (χ1v) is 11.2. The second-order valence-electron chi connectivity index (χ2n) is 7.06. The number of thioether (sulfide) groups is 1. The van der Waals surface area contributed by atoms with Crippen molar-refractivity contribution in [3.05, 3.63) is 64.9 Å². The van der Waals surface area contributed by atoms with Crippen molar-refractivity contribution in [3.8, 4) is 5.75 Å². The Morgan fingerprint density at radius 2 is 1.91 bits per heavy atom. The number of nitrogens with one attached hydrogen (secondary N) is 2. The maximum atomic E-state index is 12.4. The summed E-state index contributed by atoms with van der Waals surface area (Å²) in [5.74, 6) is 1.21. The number of hydrogen-bond donors (Lipinski definition) is 2. The lowest BCUT2D eigenvalue weighted by atomic mass is 10.1. The number of nitrogens with zero attached hydrogens (tertiary/aromatic N) is 3. The predicted molar refractivity (Wildman–Crippen MR) is 125 cm³/mol. The number of carbonyl (C=O) groups excluding carboxylic acids is 2. The molecule has 0 spiro atoms. The molecule has 0 aliphatic rings. The minimum absolute atomic E-state index is 0.124. The van der Waals surface area contributed by atoms with Crippen molar-refractivity contribution in [2.75, 3.05) is 18.2 Å². The maximum Gasteiger partial charge on any atom is 0.234 e. The molecule has 0 saturated carbocycles. The van der Waals surface area contributed by atoms with Gasteiger partial charge in [0.2, 0.25) is 11.8 Å². The Bertz CT molecular complexity index is 1090. The molecule has 2 amide bonds. The van der Waals surface area contributed by atoms with Gasteiger partial charge in [0, 0.05) is 17.8 Å². The molecule has 2 N–H and O–H groups in total. The van der Waals surface area contributed by atoms with Crippen LogP contribution in [0.2, 0.25) is 5.02 Å². The standard InChI is InChI=1S/C22H24ClN5O3S/c1-14(24-19(29)11-15-7-9-18(31-3)10-8-15)21-26-27-22(28(21)2)32-13-20(30)25-17-6-4-5-16(23)12-17/h4-10,12,14H,11,13H2,1-3H3,(H,24,29)(H,25,30)/t14-/m1/s1. The molecular weight excluding hydrogens is 450 g/mol. The number of benzene rings is 2. The van der Waals surface area contributed by atoms with Crippen molar-refractivity contribution >= 4 is 40.9 Å². The van der Waals surface area contributed by atoms with Crippen molar-refractivity contribution in [2.45, 2.75) is 24.5 Å². The van der Waals surface area contributed by atoms with Crippen LogP contribution in [0.4, 0.5) is 5.69 Å². The van der Waals surface area contributed by atoms with Gasteiger partial charge in [-0.2, -0.15) is 0 Å². The van der Waals surface area contributed by atoms with E-state index in [0.717, 1.165) is 11.3 Å². The Hall–Kier alpha value is -3.04. The van der Waals surface area contributed by atoms with E-state index in [1.54, 1.807) is 43.0 Å². The molecule has 0 unspecified atom stereocenters. The highest BCUT2D eigenvalue weighted by molar-refractivity contribution is 7.99. The lowest BCUT2D eigenvalue weighted by Crippen LogP contribution is -2.29. The van der Waals surface area contributed by atoms with Gasteiger partial charge >= 0.3 is 0 Å². The van der Waals surface area contributed by atoms with E-state index in [2.05, 4.69) is 20.8 Å².